The van der Waals surface area contributed by atoms with E-state index in [0.29, 0.717) is 19.3 Å². The highest BCUT2D eigenvalue weighted by Gasteiger charge is 2.19. The average molecular weight is 835 g/mol. The Balaban J connectivity index is 4.27. The number of hydrogen-bond acceptors (Lipinski definition) is 6. The molecule has 0 spiro atoms. The predicted octanol–water partition coefficient (Wildman–Crippen LogP) is 16.9. The van der Waals surface area contributed by atoms with Crippen LogP contribution in [0.25, 0.3) is 0 Å². The minimum Gasteiger partial charge on any atom is -0.462 e. The van der Waals surface area contributed by atoms with Gasteiger partial charge in [0, 0.05) is 19.3 Å². The molecule has 0 amide bonds. The molecule has 0 fully saturated rings. The molecule has 0 saturated heterocycles. The highest BCUT2D eigenvalue weighted by molar-refractivity contribution is 5.71. The molecule has 0 radical (unpaired) electrons. The molecule has 0 aliphatic rings. The van der Waals surface area contributed by atoms with Gasteiger partial charge in [-0.2, -0.15) is 0 Å². The molecule has 0 unspecified atom stereocenters. The lowest BCUT2D eigenvalue weighted by Crippen LogP contribution is -2.30. The van der Waals surface area contributed by atoms with Gasteiger partial charge in [-0.25, -0.2) is 0 Å². The lowest BCUT2D eigenvalue weighted by Gasteiger charge is -2.18. The molecule has 0 aromatic heterocycles. The van der Waals surface area contributed by atoms with Crippen LogP contribution in [0.5, 0.6) is 0 Å². The number of esters is 3. The van der Waals surface area contributed by atoms with Gasteiger partial charge < -0.3 is 14.2 Å². The number of rotatable bonds is 47. The maximum absolute atomic E-state index is 12.8. The summed E-state index contributed by atoms with van der Waals surface area (Å²) in [5.74, 6) is 0.756. The van der Waals surface area contributed by atoms with E-state index in [9.17, 15) is 14.4 Å². The zero-order valence-electron chi connectivity index (χ0n) is 40.4. The van der Waals surface area contributed by atoms with Crippen LogP contribution in [0.1, 0.15) is 291 Å². The van der Waals surface area contributed by atoms with Crippen LogP contribution >= 0.6 is 0 Å². The van der Waals surface area contributed by atoms with Crippen molar-refractivity contribution in [3.05, 3.63) is 0 Å². The van der Waals surface area contributed by atoms with Gasteiger partial charge in [0.15, 0.2) is 6.10 Å². The highest BCUT2D eigenvalue weighted by atomic mass is 16.6. The van der Waals surface area contributed by atoms with Gasteiger partial charge in [0.05, 0.1) is 0 Å². The van der Waals surface area contributed by atoms with Crippen LogP contribution in [0.2, 0.25) is 0 Å². The van der Waals surface area contributed by atoms with E-state index in [1.165, 1.54) is 180 Å². The molecular weight excluding hydrogens is 733 g/mol. The molecule has 0 aliphatic heterocycles. The van der Waals surface area contributed by atoms with Gasteiger partial charge in [-0.15, -0.1) is 0 Å². The lowest BCUT2D eigenvalue weighted by atomic mass is 10.0. The van der Waals surface area contributed by atoms with Gasteiger partial charge >= 0.3 is 17.9 Å². The summed E-state index contributed by atoms with van der Waals surface area (Å²) in [5, 5.41) is 0. The third-order valence-electron chi connectivity index (χ3n) is 12.0. The molecule has 0 bridgehead atoms. The smallest absolute Gasteiger partial charge is 0.306 e. The summed E-state index contributed by atoms with van der Waals surface area (Å²) in [6, 6.07) is 0. The average Bonchev–Trinajstić information content (AvgIpc) is 3.20. The molecule has 6 heteroatoms. The number of unbranched alkanes of at least 4 members (excludes halogenated alkanes) is 32. The SMILES string of the molecule is CCCCCCCCCCCCCCCCCCCC(=O)OC[C@@H](COC(=O)CCCCCCCCCC(C)C)OC(=O)CCCCCCCCCCCCCC(C)C. The number of carbonyl (C=O) groups excluding carboxylic acids is 3. The van der Waals surface area contributed by atoms with Crippen LogP contribution < -0.4 is 0 Å². The Morgan fingerprint density at radius 3 is 0.831 bits per heavy atom. The zero-order valence-corrected chi connectivity index (χ0v) is 40.4. The summed E-state index contributed by atoms with van der Waals surface area (Å²) in [4.78, 5) is 37.9. The molecule has 0 N–H and O–H groups in total. The molecule has 59 heavy (non-hydrogen) atoms. The maximum Gasteiger partial charge on any atom is 0.306 e. The van der Waals surface area contributed by atoms with Crippen molar-refractivity contribution in [1.82, 2.24) is 0 Å². The van der Waals surface area contributed by atoms with Crippen LogP contribution in [-0.4, -0.2) is 37.2 Å². The van der Waals surface area contributed by atoms with Crippen molar-refractivity contribution in [2.24, 2.45) is 11.8 Å². The monoisotopic (exact) mass is 835 g/mol. The first-order valence-electron chi connectivity index (χ1n) is 26.2. The predicted molar refractivity (Wildman–Crippen MR) is 252 cm³/mol. The van der Waals surface area contributed by atoms with E-state index < -0.39 is 6.10 Å². The van der Waals surface area contributed by atoms with Crippen molar-refractivity contribution in [2.45, 2.75) is 298 Å². The fourth-order valence-corrected chi connectivity index (χ4v) is 7.99. The van der Waals surface area contributed by atoms with Gasteiger partial charge in [0.25, 0.3) is 0 Å². The van der Waals surface area contributed by atoms with Gasteiger partial charge in [0.2, 0.25) is 0 Å². The summed E-state index contributed by atoms with van der Waals surface area (Å²) in [5.41, 5.74) is 0. The molecule has 0 aliphatic carbocycles. The number of carbonyl (C=O) groups is 3. The Bertz CT molecular complexity index is 900. The summed E-state index contributed by atoms with van der Waals surface area (Å²) in [6.45, 7) is 11.3. The Hall–Kier alpha value is -1.59. The summed E-state index contributed by atoms with van der Waals surface area (Å²) < 4.78 is 16.8. The Labute approximate surface area is 368 Å². The van der Waals surface area contributed by atoms with Crippen molar-refractivity contribution < 1.29 is 28.6 Å². The quantitative estimate of drug-likeness (QED) is 0.0345. The van der Waals surface area contributed by atoms with E-state index in [1.54, 1.807) is 0 Å². The van der Waals surface area contributed by atoms with E-state index in [1.807, 2.05) is 0 Å². The number of ether oxygens (including phenoxy) is 3. The van der Waals surface area contributed by atoms with Crippen molar-refractivity contribution in [2.75, 3.05) is 13.2 Å². The van der Waals surface area contributed by atoms with E-state index in [0.717, 1.165) is 69.6 Å². The summed E-state index contributed by atoms with van der Waals surface area (Å²) in [7, 11) is 0. The summed E-state index contributed by atoms with van der Waals surface area (Å²) >= 11 is 0. The normalized spacial score (nSPS) is 12.1. The summed E-state index contributed by atoms with van der Waals surface area (Å²) in [6.07, 6.45) is 46.7. The minimum atomic E-state index is -0.762. The fraction of sp³-hybridized carbons (Fsp3) is 0.943. The first kappa shape index (κ1) is 57.4. The second-order valence-electron chi connectivity index (χ2n) is 19.1. The molecule has 0 heterocycles. The molecule has 0 aromatic rings. The van der Waals surface area contributed by atoms with Crippen molar-refractivity contribution in [1.29, 1.82) is 0 Å². The van der Waals surface area contributed by atoms with Crippen LogP contribution in [-0.2, 0) is 28.6 Å². The van der Waals surface area contributed by atoms with Gasteiger partial charge in [-0.3, -0.25) is 14.4 Å². The van der Waals surface area contributed by atoms with Crippen LogP contribution in [0.4, 0.5) is 0 Å². The van der Waals surface area contributed by atoms with E-state index in [2.05, 4.69) is 34.6 Å². The zero-order chi connectivity index (χ0) is 43.3. The molecule has 6 nitrogen and oxygen atoms in total. The van der Waals surface area contributed by atoms with Crippen LogP contribution in [0.3, 0.4) is 0 Å². The van der Waals surface area contributed by atoms with Crippen LogP contribution in [0.15, 0.2) is 0 Å². The van der Waals surface area contributed by atoms with E-state index in [-0.39, 0.29) is 31.1 Å². The fourth-order valence-electron chi connectivity index (χ4n) is 7.99. The maximum atomic E-state index is 12.8. The second-order valence-corrected chi connectivity index (χ2v) is 19.1. The first-order valence-corrected chi connectivity index (χ1v) is 26.2. The Morgan fingerprint density at radius 2 is 0.559 bits per heavy atom. The molecule has 1 atom stereocenters. The second kappa shape index (κ2) is 45.9. The van der Waals surface area contributed by atoms with Crippen molar-refractivity contribution in [3.63, 3.8) is 0 Å². The molecule has 0 rings (SSSR count). The van der Waals surface area contributed by atoms with E-state index in [4.69, 9.17) is 14.2 Å². The molecular formula is C53H102O6. The van der Waals surface area contributed by atoms with Gasteiger partial charge in [-0.05, 0) is 31.1 Å². The Morgan fingerprint density at radius 1 is 0.322 bits per heavy atom. The third-order valence-corrected chi connectivity index (χ3v) is 12.0. The highest BCUT2D eigenvalue weighted by Crippen LogP contribution is 2.17. The largest absolute Gasteiger partial charge is 0.462 e. The lowest BCUT2D eigenvalue weighted by molar-refractivity contribution is -0.167. The molecule has 0 saturated carbocycles. The standard InChI is InChI=1S/C53H102O6/c1-6-7-8-9-10-11-12-13-14-15-16-17-20-23-28-33-38-43-51(54)57-46-50(47-58-52(55)44-39-34-30-25-27-32-37-42-49(4)5)59-53(56)45-40-35-29-24-21-18-19-22-26-31-36-41-48(2)3/h48-50H,6-47H2,1-5H3/t50-/m0/s1. The van der Waals surface area contributed by atoms with E-state index >= 15 is 0 Å². The Kier molecular flexibility index (Phi) is 44.7. The molecule has 0 aromatic carbocycles. The first-order chi connectivity index (χ1) is 28.7. The topological polar surface area (TPSA) is 78.9 Å². The third kappa shape index (κ3) is 47.3. The van der Waals surface area contributed by atoms with Gasteiger partial charge in [0.1, 0.15) is 13.2 Å². The van der Waals surface area contributed by atoms with Crippen molar-refractivity contribution >= 4 is 17.9 Å². The van der Waals surface area contributed by atoms with Crippen molar-refractivity contribution in [3.8, 4) is 0 Å². The number of hydrogen-bond donors (Lipinski definition) is 0. The van der Waals surface area contributed by atoms with Gasteiger partial charge in [-0.1, -0.05) is 253 Å². The minimum absolute atomic E-state index is 0.0641. The molecule has 350 valence electrons. The van der Waals surface area contributed by atoms with Crippen LogP contribution in [0, 0.1) is 11.8 Å².